The third kappa shape index (κ3) is 2.11. The molecule has 2 rings (SSSR count). The van der Waals surface area contributed by atoms with Crippen molar-refractivity contribution < 1.29 is 14.1 Å². The highest BCUT2D eigenvalue weighted by molar-refractivity contribution is 7.16. The second-order valence-electron chi connectivity index (χ2n) is 3.04. The predicted octanol–water partition coefficient (Wildman–Crippen LogP) is 2.02. The van der Waals surface area contributed by atoms with Crippen molar-refractivity contribution in [3.8, 4) is 0 Å². The van der Waals surface area contributed by atoms with Crippen LogP contribution in [0.3, 0.4) is 0 Å². The summed E-state index contributed by atoms with van der Waals surface area (Å²) in [4.78, 5) is 11.1. The van der Waals surface area contributed by atoms with Crippen LogP contribution in [0.25, 0.3) is 10.2 Å². The van der Waals surface area contributed by atoms with Crippen LogP contribution in [0.15, 0.2) is 23.7 Å². The van der Waals surface area contributed by atoms with Crippen LogP contribution in [-0.2, 0) is 16.1 Å². The molecule has 0 saturated heterocycles. The van der Waals surface area contributed by atoms with Crippen LogP contribution in [0.4, 0.5) is 0 Å². The van der Waals surface area contributed by atoms with Gasteiger partial charge in [0.15, 0.2) is 0 Å². The average molecular weight is 243 g/mol. The fraction of sp³-hybridized carbons (Fsp3) is 0.200. The van der Waals surface area contributed by atoms with Crippen molar-refractivity contribution in [3.63, 3.8) is 0 Å². The predicted molar refractivity (Wildman–Crippen MR) is 59.0 cm³/mol. The lowest BCUT2D eigenvalue weighted by molar-refractivity contribution is -0.655. The van der Waals surface area contributed by atoms with Gasteiger partial charge in [0.05, 0.1) is 7.11 Å². The molecule has 0 amide bonds. The molecule has 0 aliphatic rings. The monoisotopic (exact) mass is 242 g/mol. The minimum absolute atomic E-state index is 0.234. The molecule has 0 N–H and O–H groups in total. The number of thiazole rings is 1. The molecule has 15 heavy (non-hydrogen) atoms. The van der Waals surface area contributed by atoms with Gasteiger partial charge in [0.2, 0.25) is 17.6 Å². The quantitative estimate of drug-likeness (QED) is 0.596. The van der Waals surface area contributed by atoms with E-state index in [1.54, 1.807) is 11.3 Å². The van der Waals surface area contributed by atoms with E-state index in [-0.39, 0.29) is 12.5 Å². The van der Waals surface area contributed by atoms with E-state index >= 15 is 0 Å². The number of hydrogen-bond acceptors (Lipinski definition) is 3. The topological polar surface area (TPSA) is 30.2 Å². The molecule has 0 bridgehead atoms. The molecule has 3 nitrogen and oxygen atoms in total. The molecular weight excluding hydrogens is 234 g/mol. The minimum atomic E-state index is -0.255. The van der Waals surface area contributed by atoms with E-state index in [4.69, 9.17) is 11.6 Å². The molecule has 0 saturated carbocycles. The van der Waals surface area contributed by atoms with E-state index in [1.165, 1.54) is 7.11 Å². The van der Waals surface area contributed by atoms with Gasteiger partial charge in [-0.3, -0.25) is 0 Å². The number of benzene rings is 1. The van der Waals surface area contributed by atoms with Crippen LogP contribution in [0, 0.1) is 0 Å². The summed E-state index contributed by atoms with van der Waals surface area (Å²) in [6.07, 6.45) is 0. The standard InChI is InChI=1S/C10H9ClNO2S/c1-14-10(13)5-12-6-15-9-4-7(11)2-3-8(9)12/h2-4,6H,5H2,1H3/q+1. The number of fused-ring (bicyclic) bond motifs is 1. The highest BCUT2D eigenvalue weighted by Crippen LogP contribution is 2.20. The zero-order valence-corrected chi connectivity index (χ0v) is 9.64. The Morgan fingerprint density at radius 2 is 2.40 bits per heavy atom. The van der Waals surface area contributed by atoms with Crippen LogP contribution in [0.2, 0.25) is 5.02 Å². The van der Waals surface area contributed by atoms with E-state index in [2.05, 4.69) is 4.74 Å². The van der Waals surface area contributed by atoms with E-state index in [0.717, 1.165) is 10.2 Å². The van der Waals surface area contributed by atoms with Crippen molar-refractivity contribution in [2.75, 3.05) is 7.11 Å². The Labute approximate surface area is 95.9 Å². The van der Waals surface area contributed by atoms with Crippen molar-refractivity contribution in [2.45, 2.75) is 6.54 Å². The SMILES string of the molecule is COC(=O)C[n+]1csc2cc(Cl)ccc21. The molecule has 1 heterocycles. The van der Waals surface area contributed by atoms with E-state index in [1.807, 2.05) is 28.3 Å². The van der Waals surface area contributed by atoms with Crippen molar-refractivity contribution >= 4 is 39.1 Å². The van der Waals surface area contributed by atoms with Gasteiger partial charge in [-0.1, -0.05) is 22.9 Å². The molecule has 0 spiro atoms. The van der Waals surface area contributed by atoms with E-state index < -0.39 is 0 Å². The van der Waals surface area contributed by atoms with Crippen LogP contribution < -0.4 is 4.57 Å². The van der Waals surface area contributed by atoms with E-state index in [9.17, 15) is 4.79 Å². The molecule has 0 atom stereocenters. The summed E-state index contributed by atoms with van der Waals surface area (Å²) in [5.74, 6) is -0.255. The summed E-state index contributed by atoms with van der Waals surface area (Å²) in [6, 6.07) is 5.59. The molecule has 0 aliphatic heterocycles. The number of aromatic nitrogens is 1. The highest BCUT2D eigenvalue weighted by atomic mass is 35.5. The smallest absolute Gasteiger partial charge is 0.372 e. The van der Waals surface area contributed by atoms with Crippen molar-refractivity contribution in [1.82, 2.24) is 0 Å². The number of rotatable bonds is 2. The maximum atomic E-state index is 11.1. The van der Waals surface area contributed by atoms with Gasteiger partial charge in [-0.25, -0.2) is 4.79 Å². The first-order chi connectivity index (χ1) is 7.20. The summed E-state index contributed by atoms with van der Waals surface area (Å²) in [5, 5.41) is 0.703. The molecule has 0 radical (unpaired) electrons. The first-order valence-corrected chi connectivity index (χ1v) is 5.59. The summed E-state index contributed by atoms with van der Waals surface area (Å²) in [7, 11) is 1.38. The first kappa shape index (κ1) is 10.4. The van der Waals surface area contributed by atoms with Crippen LogP contribution >= 0.6 is 22.9 Å². The van der Waals surface area contributed by atoms with Crippen LogP contribution in [0.1, 0.15) is 0 Å². The fourth-order valence-corrected chi connectivity index (χ4v) is 2.49. The van der Waals surface area contributed by atoms with Gasteiger partial charge >= 0.3 is 5.97 Å². The van der Waals surface area contributed by atoms with Gasteiger partial charge in [-0.05, 0) is 12.1 Å². The number of esters is 1. The molecule has 1 aromatic heterocycles. The zero-order chi connectivity index (χ0) is 10.8. The van der Waals surface area contributed by atoms with E-state index in [0.29, 0.717) is 5.02 Å². The van der Waals surface area contributed by atoms with Gasteiger partial charge < -0.3 is 4.74 Å². The molecule has 0 unspecified atom stereocenters. The molecular formula is C10H9ClNO2S+. The fourth-order valence-electron chi connectivity index (χ4n) is 1.32. The Balaban J connectivity index is 2.41. The summed E-state index contributed by atoms with van der Waals surface area (Å²) < 4.78 is 7.53. The largest absolute Gasteiger partial charge is 0.464 e. The summed E-state index contributed by atoms with van der Waals surface area (Å²) in [6.45, 7) is 0.234. The maximum Gasteiger partial charge on any atom is 0.372 e. The van der Waals surface area contributed by atoms with Gasteiger partial charge in [0.1, 0.15) is 4.70 Å². The molecule has 1 aromatic carbocycles. The molecule has 2 aromatic rings. The van der Waals surface area contributed by atoms with Gasteiger partial charge in [0, 0.05) is 11.1 Å². The average Bonchev–Trinajstić information content (AvgIpc) is 2.60. The van der Waals surface area contributed by atoms with Gasteiger partial charge in [-0.15, -0.1) is 0 Å². The third-order valence-electron chi connectivity index (χ3n) is 2.07. The van der Waals surface area contributed by atoms with Crippen molar-refractivity contribution in [3.05, 3.63) is 28.7 Å². The minimum Gasteiger partial charge on any atom is -0.464 e. The lowest BCUT2D eigenvalue weighted by Gasteiger charge is -1.93. The number of ether oxygens (including phenoxy) is 1. The molecule has 78 valence electrons. The molecule has 5 heteroatoms. The maximum absolute atomic E-state index is 11.1. The molecule has 0 aliphatic carbocycles. The third-order valence-corrected chi connectivity index (χ3v) is 3.24. The van der Waals surface area contributed by atoms with Gasteiger partial charge in [-0.2, -0.15) is 4.57 Å². The Morgan fingerprint density at radius 3 is 3.13 bits per heavy atom. The van der Waals surface area contributed by atoms with Gasteiger partial charge in [0.25, 0.3) is 0 Å². The van der Waals surface area contributed by atoms with Crippen molar-refractivity contribution in [2.24, 2.45) is 0 Å². The molecule has 0 fully saturated rings. The Kier molecular flexibility index (Phi) is 2.88. The number of carbonyl (C=O) groups is 1. The van der Waals surface area contributed by atoms with Crippen LogP contribution in [-0.4, -0.2) is 13.1 Å². The second-order valence-corrected chi connectivity index (χ2v) is 4.36. The summed E-state index contributed by atoms with van der Waals surface area (Å²) in [5.41, 5.74) is 2.88. The Hall–Kier alpha value is -1.13. The summed E-state index contributed by atoms with van der Waals surface area (Å²) >= 11 is 7.42. The van der Waals surface area contributed by atoms with Crippen molar-refractivity contribution in [1.29, 1.82) is 0 Å². The number of methoxy groups -OCH3 is 1. The number of halogens is 1. The lowest BCUT2D eigenvalue weighted by atomic mass is 10.3. The lowest BCUT2D eigenvalue weighted by Crippen LogP contribution is -2.36. The number of carbonyl (C=O) groups excluding carboxylic acids is 1. The second kappa shape index (κ2) is 4.16. The zero-order valence-electron chi connectivity index (χ0n) is 8.07. The number of hydrogen-bond donors (Lipinski definition) is 0. The number of nitrogens with zero attached hydrogens (tertiary/aromatic N) is 1. The Morgan fingerprint density at radius 1 is 1.60 bits per heavy atom. The normalized spacial score (nSPS) is 10.5. The Bertz CT molecular complexity index is 509. The van der Waals surface area contributed by atoms with Crippen LogP contribution in [0.5, 0.6) is 0 Å². The first-order valence-electron chi connectivity index (χ1n) is 4.33. The highest BCUT2D eigenvalue weighted by Gasteiger charge is 2.15.